The molecule has 21 aromatic carbocycles. The summed E-state index contributed by atoms with van der Waals surface area (Å²) in [6.07, 6.45) is 11.1. The van der Waals surface area contributed by atoms with Gasteiger partial charge in [0.1, 0.15) is 0 Å². The first kappa shape index (κ1) is 91.1. The molecule has 0 aliphatic rings. The first-order valence-electron chi connectivity index (χ1n) is 50.5. The summed E-state index contributed by atoms with van der Waals surface area (Å²) in [6, 6.07) is 186. The van der Waals surface area contributed by atoms with Crippen LogP contribution in [0.15, 0.2) is 565 Å². The van der Waals surface area contributed by atoms with E-state index in [2.05, 4.69) is 518 Å². The van der Waals surface area contributed by atoms with E-state index in [4.69, 9.17) is 29.9 Å². The normalized spacial score (nSPS) is 11.2. The molecule has 0 aliphatic carbocycles. The SMILES string of the molecule is c1ccc(-c2ccc(-c3cc(-c4ccc(-c5cccnc5)cc4)nc(-c4ccc(-c5ccc6ccccc6c5)cc4)n3)cc2)cc1.c1cncc(-c2ccc(-c3cc(-c4ccc(-c5cccc6ccccc56)cc4)nc(-c4ccc(-c5ccc6ccccc6c5)cc4)n3)cc2)c1.c1cncc(-c2ccc(-c3cc(-c4cccc(-c5cccc6ccccc56)c4)nc(-c4ccc(-c5cc6ccccc6c6ccccc56)cc4)n3)cc2)c1. The van der Waals surface area contributed by atoms with Crippen molar-refractivity contribution in [3.63, 3.8) is 0 Å². The second-order valence-corrected chi connectivity index (χ2v) is 37.5. The van der Waals surface area contributed by atoms with Gasteiger partial charge in [-0.3, -0.25) is 15.0 Å². The van der Waals surface area contributed by atoms with Gasteiger partial charge in [-0.1, -0.05) is 467 Å². The van der Waals surface area contributed by atoms with Crippen molar-refractivity contribution >= 4 is 64.6 Å². The topological polar surface area (TPSA) is 116 Å². The average Bonchev–Trinajstić information content (AvgIpc) is 0.761. The molecule has 0 radical (unpaired) electrons. The minimum atomic E-state index is 0.685. The molecular weight excluding hydrogens is 1820 g/mol. The zero-order valence-corrected chi connectivity index (χ0v) is 81.7. The molecule has 6 aromatic heterocycles. The first-order valence-corrected chi connectivity index (χ1v) is 50.5. The molecule has 702 valence electrons. The van der Waals surface area contributed by atoms with Gasteiger partial charge in [-0.15, -0.1) is 0 Å². The Labute approximate surface area is 870 Å². The van der Waals surface area contributed by atoms with Crippen molar-refractivity contribution in [1.82, 2.24) is 44.9 Å². The molecule has 0 unspecified atom stereocenters. The summed E-state index contributed by atoms with van der Waals surface area (Å²) in [4.78, 5) is 43.7. The van der Waals surface area contributed by atoms with Crippen LogP contribution in [-0.2, 0) is 0 Å². The molecule has 0 saturated heterocycles. The minimum Gasteiger partial charge on any atom is -0.264 e. The predicted molar refractivity (Wildman–Crippen MR) is 622 cm³/mol. The number of aromatic nitrogens is 9. The third kappa shape index (κ3) is 19.4. The van der Waals surface area contributed by atoms with Crippen LogP contribution in [-0.4, -0.2) is 44.9 Å². The number of benzene rings is 21. The quantitative estimate of drug-likeness (QED) is 0.0774. The Balaban J connectivity index is 0.000000117. The fraction of sp³-hybridized carbons (Fsp3) is 0. The van der Waals surface area contributed by atoms with Gasteiger partial charge in [0.2, 0.25) is 0 Å². The Morgan fingerprint density at radius 3 is 0.753 bits per heavy atom. The van der Waals surface area contributed by atoms with Crippen LogP contribution in [0.25, 0.3) is 266 Å². The van der Waals surface area contributed by atoms with Crippen LogP contribution < -0.4 is 0 Å². The van der Waals surface area contributed by atoms with Crippen LogP contribution in [0.4, 0.5) is 0 Å². The van der Waals surface area contributed by atoms with E-state index in [9.17, 15) is 0 Å². The third-order valence-corrected chi connectivity index (χ3v) is 28.2. The van der Waals surface area contributed by atoms with Crippen molar-refractivity contribution in [2.75, 3.05) is 0 Å². The van der Waals surface area contributed by atoms with Crippen LogP contribution in [0.1, 0.15) is 0 Å². The summed E-state index contributed by atoms with van der Waals surface area (Å²) in [7, 11) is 0. The largest absolute Gasteiger partial charge is 0.264 e. The number of hydrogen-bond donors (Lipinski definition) is 0. The summed E-state index contributed by atoms with van der Waals surface area (Å²) in [5.41, 5.74) is 35.2. The van der Waals surface area contributed by atoms with Crippen molar-refractivity contribution in [3.05, 3.63) is 565 Å². The molecule has 9 nitrogen and oxygen atoms in total. The highest BCUT2D eigenvalue weighted by Crippen LogP contribution is 2.43. The zero-order valence-electron chi connectivity index (χ0n) is 81.7. The molecule has 0 N–H and O–H groups in total. The van der Waals surface area contributed by atoms with E-state index in [0.717, 1.165) is 140 Å². The fourth-order valence-electron chi connectivity index (χ4n) is 20.3. The van der Waals surface area contributed by atoms with E-state index >= 15 is 0 Å². The summed E-state index contributed by atoms with van der Waals surface area (Å²) in [5.74, 6) is 2.07. The number of nitrogens with zero attached hydrogens (tertiary/aromatic N) is 9. The van der Waals surface area contributed by atoms with Gasteiger partial charge >= 0.3 is 0 Å². The second kappa shape index (κ2) is 41.3. The van der Waals surface area contributed by atoms with Gasteiger partial charge < -0.3 is 0 Å². The highest BCUT2D eigenvalue weighted by molar-refractivity contribution is 6.14. The van der Waals surface area contributed by atoms with E-state index in [1.54, 1.807) is 18.6 Å². The van der Waals surface area contributed by atoms with Crippen LogP contribution in [0.2, 0.25) is 0 Å². The Morgan fingerprint density at radius 2 is 0.360 bits per heavy atom. The van der Waals surface area contributed by atoms with E-state index in [1.807, 2.05) is 42.9 Å². The molecule has 0 amide bonds. The maximum Gasteiger partial charge on any atom is 0.160 e. The van der Waals surface area contributed by atoms with Crippen LogP contribution in [0.5, 0.6) is 0 Å². The molecule has 0 atom stereocenters. The van der Waals surface area contributed by atoms with Crippen molar-refractivity contribution in [2.24, 2.45) is 0 Å². The molecule has 27 aromatic rings. The molecule has 0 bridgehead atoms. The number of pyridine rings is 3. The molecule has 27 rings (SSSR count). The highest BCUT2D eigenvalue weighted by atomic mass is 14.9. The average molecular weight is 1910 g/mol. The van der Waals surface area contributed by atoms with E-state index < -0.39 is 0 Å². The minimum absolute atomic E-state index is 0.685. The molecule has 150 heavy (non-hydrogen) atoms. The molecule has 0 fully saturated rings. The first-order chi connectivity index (χ1) is 74.3. The number of hydrogen-bond acceptors (Lipinski definition) is 9. The monoisotopic (exact) mass is 1910 g/mol. The predicted octanol–water partition coefficient (Wildman–Crippen LogP) is 36.5. The van der Waals surface area contributed by atoms with Gasteiger partial charge in [0.25, 0.3) is 0 Å². The Morgan fingerprint density at radius 1 is 0.107 bits per heavy atom. The van der Waals surface area contributed by atoms with Crippen LogP contribution >= 0.6 is 0 Å². The lowest BCUT2D eigenvalue weighted by atomic mass is 9.93. The van der Waals surface area contributed by atoms with E-state index in [-0.39, 0.29) is 0 Å². The van der Waals surface area contributed by atoms with Gasteiger partial charge in [-0.2, -0.15) is 0 Å². The third-order valence-electron chi connectivity index (χ3n) is 28.2. The van der Waals surface area contributed by atoms with Crippen molar-refractivity contribution in [1.29, 1.82) is 0 Å². The maximum absolute atomic E-state index is 5.24. The maximum atomic E-state index is 5.24. The Hall–Kier alpha value is -20.1. The number of rotatable bonds is 18. The van der Waals surface area contributed by atoms with Crippen LogP contribution in [0, 0.1) is 0 Å². The summed E-state index contributed by atoms with van der Waals surface area (Å²) in [5, 5.41) is 14.9. The highest BCUT2D eigenvalue weighted by Gasteiger charge is 2.21. The molecule has 0 spiro atoms. The molecule has 0 saturated carbocycles. The fourth-order valence-corrected chi connectivity index (χ4v) is 20.3. The van der Waals surface area contributed by atoms with Crippen LogP contribution in [0.3, 0.4) is 0 Å². The second-order valence-electron chi connectivity index (χ2n) is 37.5. The molecule has 9 heteroatoms. The van der Waals surface area contributed by atoms with Gasteiger partial charge in [0, 0.05) is 87.3 Å². The molecular formula is C141H93N9. The standard InChI is InChI=1S/C51H33N3.C47H31N3.C43H29N3/c1-3-16-43-35(10-1)12-8-20-44(43)39-13-7-14-41(30-39)50-32-49(37-25-21-34(22-26-37)42-15-9-29-52-33-42)53-51(54-50)38-27-23-36(24-28-38)48-31-40-11-2-4-17-45(40)46-18-5-6-19-47(46)48;1-2-9-40-29-41(27-18-32(40)7-1)33-16-25-39(26-17-33)47-49-45(37-21-14-34(15-22-37)42-11-6-28-48-31-42)30-46(50-47)38-23-19-36(20-24-38)44-13-5-10-35-8-3-4-12-43(35)44;1-2-7-30(8-3-1)32-12-19-35(20-13-32)41-28-42(36-21-14-34(15-22-36)40-11-6-26-44-29-40)46-43(45-41)37-23-16-33(17-24-37)39-25-18-31-9-4-5-10-38(31)27-39/h1-33H;1-31H;1-29H. The lowest BCUT2D eigenvalue weighted by Gasteiger charge is -2.13. The Kier molecular flexibility index (Phi) is 25.1. The van der Waals surface area contributed by atoms with Crippen molar-refractivity contribution in [2.45, 2.75) is 0 Å². The van der Waals surface area contributed by atoms with Gasteiger partial charge in [-0.25, -0.2) is 29.9 Å². The van der Waals surface area contributed by atoms with Gasteiger partial charge in [-0.05, 0) is 225 Å². The Bertz CT molecular complexity index is 9490. The lowest BCUT2D eigenvalue weighted by molar-refractivity contribution is 1.18. The van der Waals surface area contributed by atoms with Gasteiger partial charge in [0.05, 0.1) is 34.2 Å². The van der Waals surface area contributed by atoms with E-state index in [1.165, 1.54) is 109 Å². The number of fused-ring (bicyclic) bond motifs is 7. The smallest absolute Gasteiger partial charge is 0.160 e. The zero-order chi connectivity index (χ0) is 99.8. The lowest BCUT2D eigenvalue weighted by Crippen LogP contribution is -1.96. The summed E-state index contributed by atoms with van der Waals surface area (Å²) in [6.45, 7) is 0. The molecule has 0 aliphatic heterocycles. The summed E-state index contributed by atoms with van der Waals surface area (Å²) >= 11 is 0. The van der Waals surface area contributed by atoms with Crippen molar-refractivity contribution in [3.8, 4) is 202 Å². The van der Waals surface area contributed by atoms with E-state index in [0.29, 0.717) is 17.5 Å². The van der Waals surface area contributed by atoms with Crippen molar-refractivity contribution < 1.29 is 0 Å². The summed E-state index contributed by atoms with van der Waals surface area (Å²) < 4.78 is 0. The molecule has 6 heterocycles. The van der Waals surface area contributed by atoms with Gasteiger partial charge in [0.15, 0.2) is 17.5 Å².